The molecule has 0 saturated carbocycles. The number of carbonyl (C=O) groups excluding carboxylic acids is 1. The summed E-state index contributed by atoms with van der Waals surface area (Å²) in [5.74, 6) is 1.43. The van der Waals surface area contributed by atoms with Crippen LogP contribution in [0.15, 0.2) is 60.7 Å². The van der Waals surface area contributed by atoms with Crippen LogP contribution < -0.4 is 10.1 Å². The van der Waals surface area contributed by atoms with Crippen LogP contribution in [0, 0.1) is 13.8 Å². The lowest BCUT2D eigenvalue weighted by atomic mass is 10.1. The normalized spacial score (nSPS) is 12.0. The summed E-state index contributed by atoms with van der Waals surface area (Å²) >= 11 is 12.3. The van der Waals surface area contributed by atoms with Gasteiger partial charge in [-0.25, -0.2) is 4.98 Å². The SMILES string of the molecule is Cc1cc(OCCCn2c(C(C)NC(=O)c3cccc(Cl)c3)nc3ccccc32)cc(C)c1Cl. The van der Waals surface area contributed by atoms with Gasteiger partial charge in [0.15, 0.2) is 0 Å². The Hall–Kier alpha value is -3.02. The number of rotatable bonds is 8. The fourth-order valence-corrected chi connectivity index (χ4v) is 4.34. The maximum atomic E-state index is 12.8. The molecule has 1 N–H and O–H groups in total. The van der Waals surface area contributed by atoms with Crippen LogP contribution in [0.4, 0.5) is 0 Å². The summed E-state index contributed by atoms with van der Waals surface area (Å²) < 4.78 is 8.15. The van der Waals surface area contributed by atoms with Gasteiger partial charge in [-0.2, -0.15) is 0 Å². The number of fused-ring (bicyclic) bond motifs is 1. The minimum Gasteiger partial charge on any atom is -0.494 e. The van der Waals surface area contributed by atoms with Crippen molar-refractivity contribution in [3.63, 3.8) is 0 Å². The van der Waals surface area contributed by atoms with Gasteiger partial charge in [0.25, 0.3) is 5.91 Å². The van der Waals surface area contributed by atoms with Crippen molar-refractivity contribution in [2.75, 3.05) is 6.61 Å². The summed E-state index contributed by atoms with van der Waals surface area (Å²) in [5, 5.41) is 4.35. The number of aromatic nitrogens is 2. The van der Waals surface area contributed by atoms with E-state index in [1.165, 1.54) is 0 Å². The second-order valence-corrected chi connectivity index (χ2v) is 9.20. The third-order valence-electron chi connectivity index (χ3n) is 5.71. The monoisotopic (exact) mass is 495 g/mol. The van der Waals surface area contributed by atoms with E-state index in [0.717, 1.165) is 45.2 Å². The van der Waals surface area contributed by atoms with E-state index >= 15 is 0 Å². The molecule has 4 rings (SSSR count). The maximum absolute atomic E-state index is 12.8. The molecule has 4 aromatic rings. The molecule has 0 fully saturated rings. The molecule has 1 atom stereocenters. The number of aryl methyl sites for hydroxylation is 3. The average Bonchev–Trinajstić information content (AvgIpc) is 3.19. The molecule has 7 heteroatoms. The number of ether oxygens (including phenoxy) is 1. The smallest absolute Gasteiger partial charge is 0.251 e. The van der Waals surface area contributed by atoms with Gasteiger partial charge in [0.05, 0.1) is 23.7 Å². The third-order valence-corrected chi connectivity index (χ3v) is 6.54. The van der Waals surface area contributed by atoms with Crippen LogP contribution in [-0.2, 0) is 6.54 Å². The molecule has 176 valence electrons. The molecule has 0 saturated heterocycles. The number of nitrogens with one attached hydrogen (secondary N) is 1. The number of hydrogen-bond donors (Lipinski definition) is 1. The second kappa shape index (κ2) is 10.5. The minimum atomic E-state index is -0.290. The van der Waals surface area contributed by atoms with Gasteiger partial charge in [-0.15, -0.1) is 0 Å². The molecule has 0 spiro atoms. The number of carbonyl (C=O) groups is 1. The van der Waals surface area contributed by atoms with Crippen LogP contribution in [0.25, 0.3) is 11.0 Å². The van der Waals surface area contributed by atoms with Gasteiger partial charge in [-0.05, 0) is 80.8 Å². The fourth-order valence-electron chi connectivity index (χ4n) is 4.04. The maximum Gasteiger partial charge on any atom is 0.251 e. The summed E-state index contributed by atoms with van der Waals surface area (Å²) in [7, 11) is 0. The molecule has 0 aliphatic carbocycles. The molecule has 5 nitrogen and oxygen atoms in total. The average molecular weight is 496 g/mol. The first-order valence-electron chi connectivity index (χ1n) is 11.2. The number of nitrogens with zero attached hydrogens (tertiary/aromatic N) is 2. The van der Waals surface area contributed by atoms with Crippen molar-refractivity contribution < 1.29 is 9.53 Å². The molecular weight excluding hydrogens is 469 g/mol. The van der Waals surface area contributed by atoms with Gasteiger partial charge >= 0.3 is 0 Å². The van der Waals surface area contributed by atoms with Crippen molar-refractivity contribution in [1.29, 1.82) is 0 Å². The molecule has 1 unspecified atom stereocenters. The molecular formula is C27H27Cl2N3O2. The predicted octanol–water partition coefficient (Wildman–Crippen LogP) is 6.92. The van der Waals surface area contributed by atoms with E-state index < -0.39 is 0 Å². The van der Waals surface area contributed by atoms with Gasteiger partial charge in [-0.1, -0.05) is 41.4 Å². The highest BCUT2D eigenvalue weighted by molar-refractivity contribution is 6.32. The van der Waals surface area contributed by atoms with Crippen LogP contribution >= 0.6 is 23.2 Å². The Kier molecular flexibility index (Phi) is 7.44. The number of halogens is 2. The van der Waals surface area contributed by atoms with Crippen molar-refractivity contribution >= 4 is 40.1 Å². The summed E-state index contributed by atoms with van der Waals surface area (Å²) in [6.07, 6.45) is 0.781. The van der Waals surface area contributed by atoms with Gasteiger partial charge in [-0.3, -0.25) is 4.79 Å². The molecule has 1 heterocycles. The lowest BCUT2D eigenvalue weighted by Gasteiger charge is -2.17. The minimum absolute atomic E-state index is 0.189. The summed E-state index contributed by atoms with van der Waals surface area (Å²) in [6.45, 7) is 7.15. The van der Waals surface area contributed by atoms with Crippen molar-refractivity contribution in [1.82, 2.24) is 14.9 Å². The quantitative estimate of drug-likeness (QED) is 0.270. The Bertz CT molecular complexity index is 1310. The number of para-hydroxylation sites is 2. The summed E-state index contributed by atoms with van der Waals surface area (Å²) in [6, 6.07) is 18.5. The highest BCUT2D eigenvalue weighted by atomic mass is 35.5. The first-order valence-corrected chi connectivity index (χ1v) is 12.0. The Morgan fingerprint density at radius 2 is 1.79 bits per heavy atom. The summed E-state index contributed by atoms with van der Waals surface area (Å²) in [5.41, 5.74) is 4.45. The van der Waals surface area contributed by atoms with Crippen LogP contribution in [0.5, 0.6) is 5.75 Å². The van der Waals surface area contributed by atoms with Crippen LogP contribution in [0.3, 0.4) is 0 Å². The standard InChI is InChI=1S/C27H27Cl2N3O2/c1-17-14-22(15-18(2)25(17)29)34-13-7-12-32-24-11-5-4-10-23(24)31-26(32)19(3)30-27(33)20-8-6-9-21(28)16-20/h4-6,8-11,14-16,19H,7,12-13H2,1-3H3,(H,30,33). The second-order valence-electron chi connectivity index (χ2n) is 8.39. The summed E-state index contributed by atoms with van der Waals surface area (Å²) in [4.78, 5) is 17.6. The molecule has 0 aliphatic heterocycles. The van der Waals surface area contributed by atoms with E-state index in [4.69, 9.17) is 32.9 Å². The van der Waals surface area contributed by atoms with Gasteiger partial charge in [0, 0.05) is 22.2 Å². The van der Waals surface area contributed by atoms with Crippen molar-refractivity contribution in [2.24, 2.45) is 0 Å². The van der Waals surface area contributed by atoms with Gasteiger partial charge in [0.1, 0.15) is 11.6 Å². The van der Waals surface area contributed by atoms with Crippen molar-refractivity contribution in [2.45, 2.75) is 39.8 Å². The zero-order valence-electron chi connectivity index (χ0n) is 19.4. The third kappa shape index (κ3) is 5.37. The zero-order valence-corrected chi connectivity index (χ0v) is 21.0. The van der Waals surface area contributed by atoms with E-state index in [0.29, 0.717) is 23.7 Å². The van der Waals surface area contributed by atoms with Crippen LogP contribution in [-0.4, -0.2) is 22.1 Å². The van der Waals surface area contributed by atoms with Crippen LogP contribution in [0.1, 0.15) is 46.7 Å². The molecule has 1 aromatic heterocycles. The lowest BCUT2D eigenvalue weighted by molar-refractivity contribution is 0.0937. The highest BCUT2D eigenvalue weighted by Crippen LogP contribution is 2.26. The van der Waals surface area contributed by atoms with Crippen molar-refractivity contribution in [3.05, 3.63) is 93.2 Å². The first-order chi connectivity index (χ1) is 16.3. The Labute approximate surface area is 209 Å². The lowest BCUT2D eigenvalue weighted by Crippen LogP contribution is -2.28. The molecule has 1 amide bonds. The van der Waals surface area contributed by atoms with E-state index in [-0.39, 0.29) is 11.9 Å². The highest BCUT2D eigenvalue weighted by Gasteiger charge is 2.19. The number of hydrogen-bond acceptors (Lipinski definition) is 3. The Morgan fingerprint density at radius 1 is 1.06 bits per heavy atom. The van der Waals surface area contributed by atoms with E-state index in [1.54, 1.807) is 24.3 Å². The van der Waals surface area contributed by atoms with Crippen molar-refractivity contribution in [3.8, 4) is 5.75 Å². The number of imidazole rings is 1. The van der Waals surface area contributed by atoms with E-state index in [9.17, 15) is 4.79 Å². The topological polar surface area (TPSA) is 56.1 Å². The zero-order chi connectivity index (χ0) is 24.2. The number of amides is 1. The molecule has 34 heavy (non-hydrogen) atoms. The largest absolute Gasteiger partial charge is 0.494 e. The molecule has 0 bridgehead atoms. The predicted molar refractivity (Wildman–Crippen MR) is 138 cm³/mol. The fraction of sp³-hybridized carbons (Fsp3) is 0.259. The molecule has 0 aliphatic rings. The molecule has 0 radical (unpaired) electrons. The number of benzene rings is 3. The Morgan fingerprint density at radius 3 is 2.53 bits per heavy atom. The van der Waals surface area contributed by atoms with E-state index in [2.05, 4.69) is 9.88 Å². The van der Waals surface area contributed by atoms with Gasteiger partial charge < -0.3 is 14.6 Å². The first kappa shape index (κ1) is 24.1. The van der Waals surface area contributed by atoms with E-state index in [1.807, 2.05) is 57.2 Å². The molecule has 3 aromatic carbocycles. The Balaban J connectivity index is 1.48. The van der Waals surface area contributed by atoms with Crippen LogP contribution in [0.2, 0.25) is 10.0 Å². The van der Waals surface area contributed by atoms with Gasteiger partial charge in [0.2, 0.25) is 0 Å².